The van der Waals surface area contributed by atoms with E-state index in [1.165, 1.54) is 0 Å². The monoisotopic (exact) mass is 402 g/mol. The van der Waals surface area contributed by atoms with Crippen LogP contribution in [0.1, 0.15) is 41.6 Å². The second-order valence-corrected chi connectivity index (χ2v) is 7.82. The molecule has 2 saturated heterocycles. The van der Waals surface area contributed by atoms with Gasteiger partial charge in [0.2, 0.25) is 5.91 Å². The van der Waals surface area contributed by atoms with Gasteiger partial charge in [0.25, 0.3) is 5.91 Å². The van der Waals surface area contributed by atoms with E-state index < -0.39 is 28.4 Å². The van der Waals surface area contributed by atoms with Crippen molar-refractivity contribution in [2.75, 3.05) is 31.6 Å². The van der Waals surface area contributed by atoms with Crippen LogP contribution in [0, 0.1) is 5.21 Å². The molecule has 9 heteroatoms. The number of hydrogen-bond donors (Lipinski definition) is 3. The second kappa shape index (κ2) is 8.19. The quantitative estimate of drug-likeness (QED) is 0.276. The number of fused-ring (bicyclic) bond motifs is 1. The van der Waals surface area contributed by atoms with Crippen LogP contribution in [0.5, 0.6) is 0 Å². The number of hydroxylamine groups is 3. The Labute approximate surface area is 168 Å². The second-order valence-electron chi connectivity index (χ2n) is 7.82. The molecule has 3 amide bonds. The molecule has 3 heterocycles. The standard InChI is InChI=1S/C20H26N4O5/c25-18-7-6-17(19(26)23-18)24(28)12-15-14(20(24)27)4-1-5-16(15)22-8-2-3-13-11-21-9-10-29-13/h1,4-5,13,17,21-22H,2-3,6-12H2,(H,23,25,26)/t13-,17?,24?/m1/s1. The minimum absolute atomic E-state index is 0.0749. The smallest absolute Gasteiger partial charge is 0.347 e. The number of nitrogens with zero attached hydrogens (tertiary/aromatic N) is 1. The topological polar surface area (TPSA) is 120 Å². The van der Waals surface area contributed by atoms with E-state index in [9.17, 15) is 19.6 Å². The number of hydrogen-bond acceptors (Lipinski definition) is 7. The predicted octanol–water partition coefficient (Wildman–Crippen LogP) is 0.641. The zero-order valence-electron chi connectivity index (χ0n) is 16.2. The van der Waals surface area contributed by atoms with Gasteiger partial charge in [0, 0.05) is 43.7 Å². The Morgan fingerprint density at radius 2 is 2.14 bits per heavy atom. The number of anilines is 1. The Morgan fingerprint density at radius 3 is 2.90 bits per heavy atom. The first-order valence-corrected chi connectivity index (χ1v) is 10.1. The molecule has 0 aliphatic carbocycles. The van der Waals surface area contributed by atoms with Crippen molar-refractivity contribution in [2.45, 2.75) is 44.4 Å². The lowest BCUT2D eigenvalue weighted by Crippen LogP contribution is -2.60. The SMILES string of the molecule is O=C1CCC([N+]2([O-])Cc3c(NCCC[C@@H]4CNCCO4)cccc3C2=O)C(=O)N1. The molecule has 0 aromatic heterocycles. The molecule has 3 aliphatic rings. The van der Waals surface area contributed by atoms with E-state index in [2.05, 4.69) is 16.0 Å². The maximum Gasteiger partial charge on any atom is 0.347 e. The maximum atomic E-state index is 13.4. The van der Waals surface area contributed by atoms with Crippen LogP contribution in [0.4, 0.5) is 5.69 Å². The van der Waals surface area contributed by atoms with Gasteiger partial charge in [-0.25, -0.2) is 4.79 Å². The number of carbonyl (C=O) groups excluding carboxylic acids is 3. The van der Waals surface area contributed by atoms with Gasteiger partial charge in [-0.2, -0.15) is 0 Å². The molecule has 0 spiro atoms. The molecule has 2 unspecified atom stereocenters. The van der Waals surface area contributed by atoms with Crippen molar-refractivity contribution < 1.29 is 23.8 Å². The molecule has 1 aromatic carbocycles. The van der Waals surface area contributed by atoms with Crippen molar-refractivity contribution >= 4 is 23.4 Å². The fraction of sp³-hybridized carbons (Fsp3) is 0.550. The summed E-state index contributed by atoms with van der Waals surface area (Å²) in [6.45, 7) is 3.08. The molecule has 0 bridgehead atoms. The van der Waals surface area contributed by atoms with E-state index >= 15 is 0 Å². The van der Waals surface area contributed by atoms with Crippen molar-refractivity contribution in [1.82, 2.24) is 10.6 Å². The maximum absolute atomic E-state index is 13.4. The van der Waals surface area contributed by atoms with Gasteiger partial charge >= 0.3 is 5.91 Å². The number of carbonyl (C=O) groups is 3. The van der Waals surface area contributed by atoms with Crippen molar-refractivity contribution in [3.63, 3.8) is 0 Å². The van der Waals surface area contributed by atoms with E-state index in [0.29, 0.717) is 17.7 Å². The number of rotatable bonds is 6. The van der Waals surface area contributed by atoms with Crippen LogP contribution in [0.3, 0.4) is 0 Å². The van der Waals surface area contributed by atoms with Gasteiger partial charge < -0.3 is 20.6 Å². The lowest BCUT2D eigenvalue weighted by Gasteiger charge is -2.42. The minimum atomic E-state index is -1.26. The summed E-state index contributed by atoms with van der Waals surface area (Å²) in [7, 11) is 0. The van der Waals surface area contributed by atoms with E-state index in [-0.39, 0.29) is 25.5 Å². The zero-order valence-corrected chi connectivity index (χ0v) is 16.2. The van der Waals surface area contributed by atoms with E-state index in [0.717, 1.165) is 38.2 Å². The Bertz CT molecular complexity index is 823. The Hall–Kier alpha value is -2.33. The van der Waals surface area contributed by atoms with Crippen molar-refractivity contribution in [1.29, 1.82) is 0 Å². The highest BCUT2D eigenvalue weighted by Gasteiger charge is 2.50. The Balaban J connectivity index is 1.42. The number of nitrogens with one attached hydrogen (secondary N) is 3. The molecule has 4 rings (SSSR count). The zero-order chi connectivity index (χ0) is 20.4. The van der Waals surface area contributed by atoms with Crippen LogP contribution in [0.25, 0.3) is 0 Å². The number of morpholine rings is 1. The predicted molar refractivity (Wildman–Crippen MR) is 105 cm³/mol. The van der Waals surface area contributed by atoms with Gasteiger partial charge in [0.05, 0.1) is 18.3 Å². The third-order valence-electron chi connectivity index (χ3n) is 5.88. The summed E-state index contributed by atoms with van der Waals surface area (Å²) in [4.78, 5) is 36.5. The molecule has 0 radical (unpaired) electrons. The van der Waals surface area contributed by atoms with E-state index in [1.54, 1.807) is 12.1 Å². The van der Waals surface area contributed by atoms with Gasteiger partial charge in [-0.1, -0.05) is 6.07 Å². The molecular formula is C20H26N4O5. The number of quaternary nitrogens is 1. The lowest BCUT2D eigenvalue weighted by molar-refractivity contribution is -0.825. The normalized spacial score (nSPS) is 29.5. The average Bonchev–Trinajstić information content (AvgIpc) is 2.98. The summed E-state index contributed by atoms with van der Waals surface area (Å²) in [5.74, 6) is -1.67. The van der Waals surface area contributed by atoms with Gasteiger partial charge in [-0.3, -0.25) is 19.6 Å². The molecule has 0 saturated carbocycles. The minimum Gasteiger partial charge on any atom is -0.624 e. The van der Waals surface area contributed by atoms with Crippen LogP contribution in [0.15, 0.2) is 18.2 Å². The molecule has 3 N–H and O–H groups in total. The van der Waals surface area contributed by atoms with Crippen LogP contribution in [0.2, 0.25) is 0 Å². The number of ether oxygens (including phenoxy) is 1. The van der Waals surface area contributed by atoms with Crippen molar-refractivity contribution in [3.05, 3.63) is 34.5 Å². The molecule has 156 valence electrons. The first-order chi connectivity index (χ1) is 14.0. The number of benzene rings is 1. The molecule has 29 heavy (non-hydrogen) atoms. The molecular weight excluding hydrogens is 376 g/mol. The highest BCUT2D eigenvalue weighted by atomic mass is 16.6. The molecule has 3 aliphatic heterocycles. The van der Waals surface area contributed by atoms with Crippen molar-refractivity contribution in [2.24, 2.45) is 0 Å². The third kappa shape index (κ3) is 3.91. The van der Waals surface area contributed by atoms with Crippen LogP contribution in [-0.4, -0.2) is 60.8 Å². The van der Waals surface area contributed by atoms with Gasteiger partial charge in [0.15, 0.2) is 6.04 Å². The molecule has 1 aromatic rings. The van der Waals surface area contributed by atoms with Gasteiger partial charge in [0.1, 0.15) is 6.54 Å². The van der Waals surface area contributed by atoms with E-state index in [1.807, 2.05) is 6.07 Å². The average molecular weight is 402 g/mol. The van der Waals surface area contributed by atoms with Crippen LogP contribution < -0.4 is 16.0 Å². The van der Waals surface area contributed by atoms with Crippen molar-refractivity contribution in [3.8, 4) is 0 Å². The number of amides is 3. The fourth-order valence-corrected chi connectivity index (χ4v) is 4.32. The van der Waals surface area contributed by atoms with E-state index in [4.69, 9.17) is 4.74 Å². The Morgan fingerprint density at radius 1 is 1.28 bits per heavy atom. The van der Waals surface area contributed by atoms with Crippen LogP contribution >= 0.6 is 0 Å². The largest absolute Gasteiger partial charge is 0.624 e. The summed E-state index contributed by atoms with van der Waals surface area (Å²) in [6.07, 6.45) is 2.20. The van der Waals surface area contributed by atoms with Gasteiger partial charge in [-0.15, -0.1) is 0 Å². The third-order valence-corrected chi connectivity index (χ3v) is 5.88. The molecule has 2 fully saturated rings. The molecule has 9 nitrogen and oxygen atoms in total. The van der Waals surface area contributed by atoms with Gasteiger partial charge in [-0.05, 0) is 25.0 Å². The highest BCUT2D eigenvalue weighted by molar-refractivity contribution is 6.02. The Kier molecular flexibility index (Phi) is 5.64. The van der Waals surface area contributed by atoms with Crippen LogP contribution in [-0.2, 0) is 20.9 Å². The number of piperidine rings is 1. The molecule has 3 atom stereocenters. The summed E-state index contributed by atoms with van der Waals surface area (Å²) in [6, 6.07) is 4.14. The highest BCUT2D eigenvalue weighted by Crippen LogP contribution is 2.37. The summed E-state index contributed by atoms with van der Waals surface area (Å²) in [5, 5.41) is 22.2. The fourth-order valence-electron chi connectivity index (χ4n) is 4.32. The number of imide groups is 1. The first-order valence-electron chi connectivity index (χ1n) is 10.1. The first kappa shape index (κ1) is 20.0. The lowest BCUT2D eigenvalue weighted by atomic mass is 10.0. The summed E-state index contributed by atoms with van der Waals surface area (Å²) < 4.78 is 4.43. The summed E-state index contributed by atoms with van der Waals surface area (Å²) in [5.41, 5.74) is 1.75. The summed E-state index contributed by atoms with van der Waals surface area (Å²) >= 11 is 0.